The zero-order valence-corrected chi connectivity index (χ0v) is 17.6. The Labute approximate surface area is 170 Å². The first kappa shape index (κ1) is 24.4. The Morgan fingerprint density at radius 2 is 1.69 bits per heavy atom. The molecule has 1 atom stereocenters. The number of aromatic nitrogens is 1. The first-order valence-corrected chi connectivity index (χ1v) is 9.47. The fourth-order valence-electron chi connectivity index (χ4n) is 2.38. The average Bonchev–Trinajstić information content (AvgIpc) is 2.64. The summed E-state index contributed by atoms with van der Waals surface area (Å²) in [7, 11) is 0. The lowest BCUT2D eigenvalue weighted by Crippen LogP contribution is -2.55. The standard InChI is InChI=1S/C20H30N2O7/c1-6-26-17(24)20(18(25)27-7-2,28-14-9-8-12-22-13-14)11-10-15(21)16(23)29-19(3,4)5/h8-9,12-13,15H,6-7,10-11,21H2,1-5H3. The molecule has 0 aliphatic rings. The van der Waals surface area contributed by atoms with Gasteiger partial charge in [-0.3, -0.25) is 9.78 Å². The Morgan fingerprint density at radius 1 is 1.10 bits per heavy atom. The van der Waals surface area contributed by atoms with Crippen LogP contribution in [0.4, 0.5) is 0 Å². The molecule has 0 spiro atoms. The first-order valence-electron chi connectivity index (χ1n) is 9.47. The van der Waals surface area contributed by atoms with E-state index in [2.05, 4.69) is 4.98 Å². The van der Waals surface area contributed by atoms with E-state index in [0.717, 1.165) is 0 Å². The van der Waals surface area contributed by atoms with Gasteiger partial charge in [-0.15, -0.1) is 0 Å². The van der Waals surface area contributed by atoms with E-state index in [1.165, 1.54) is 18.5 Å². The zero-order chi connectivity index (χ0) is 22.1. The number of esters is 3. The third-order valence-electron chi connectivity index (χ3n) is 3.65. The van der Waals surface area contributed by atoms with Crippen LogP contribution in [0, 0.1) is 0 Å². The maximum Gasteiger partial charge on any atom is 0.362 e. The van der Waals surface area contributed by atoms with Crippen molar-refractivity contribution in [2.24, 2.45) is 5.73 Å². The summed E-state index contributed by atoms with van der Waals surface area (Å²) in [6.45, 7) is 8.39. The molecule has 0 saturated heterocycles. The van der Waals surface area contributed by atoms with Crippen molar-refractivity contribution < 1.29 is 33.3 Å². The van der Waals surface area contributed by atoms with Gasteiger partial charge in [0.15, 0.2) is 0 Å². The Balaban J connectivity index is 3.17. The molecule has 1 aromatic heterocycles. The minimum atomic E-state index is -2.13. The number of hydrogen-bond donors (Lipinski definition) is 1. The van der Waals surface area contributed by atoms with Crippen LogP contribution in [0.2, 0.25) is 0 Å². The molecule has 1 heterocycles. The van der Waals surface area contributed by atoms with Gasteiger partial charge in [0.25, 0.3) is 0 Å². The van der Waals surface area contributed by atoms with Crippen molar-refractivity contribution in [3.05, 3.63) is 24.5 Å². The summed E-state index contributed by atoms with van der Waals surface area (Å²) in [4.78, 5) is 41.7. The molecule has 0 bridgehead atoms. The Bertz CT molecular complexity index is 668. The summed E-state index contributed by atoms with van der Waals surface area (Å²) < 4.78 is 21.2. The second-order valence-corrected chi connectivity index (χ2v) is 7.24. The summed E-state index contributed by atoms with van der Waals surface area (Å²) in [5.74, 6) is -2.35. The number of carbonyl (C=O) groups excluding carboxylic acids is 3. The number of carbonyl (C=O) groups is 3. The third kappa shape index (κ3) is 7.34. The maximum atomic E-state index is 12.8. The summed E-state index contributed by atoms with van der Waals surface area (Å²) in [6, 6.07) is 2.05. The number of hydrogen-bond acceptors (Lipinski definition) is 9. The predicted molar refractivity (Wildman–Crippen MR) is 104 cm³/mol. The predicted octanol–water partition coefficient (Wildman–Crippen LogP) is 1.77. The van der Waals surface area contributed by atoms with Gasteiger partial charge in [0.05, 0.1) is 19.4 Å². The van der Waals surface area contributed by atoms with Crippen LogP contribution in [0.15, 0.2) is 24.5 Å². The molecule has 9 heteroatoms. The van der Waals surface area contributed by atoms with Crippen LogP contribution < -0.4 is 10.5 Å². The lowest BCUT2D eigenvalue weighted by molar-refractivity contribution is -0.181. The number of pyridine rings is 1. The summed E-state index contributed by atoms with van der Waals surface area (Å²) >= 11 is 0. The molecule has 1 rings (SSSR count). The van der Waals surface area contributed by atoms with E-state index < -0.39 is 35.2 Å². The Kier molecular flexibility index (Phi) is 9.03. The van der Waals surface area contributed by atoms with Gasteiger partial charge >= 0.3 is 23.5 Å². The summed E-state index contributed by atoms with van der Waals surface area (Å²) in [5, 5.41) is 0. The SMILES string of the molecule is CCOC(=O)C(CCC(N)C(=O)OC(C)(C)C)(Oc1cccnc1)C(=O)OCC. The van der Waals surface area contributed by atoms with E-state index in [-0.39, 0.29) is 31.8 Å². The molecule has 29 heavy (non-hydrogen) atoms. The zero-order valence-electron chi connectivity index (χ0n) is 17.6. The molecule has 0 fully saturated rings. The molecular weight excluding hydrogens is 380 g/mol. The van der Waals surface area contributed by atoms with Crippen LogP contribution in [-0.4, -0.2) is 53.3 Å². The van der Waals surface area contributed by atoms with E-state index >= 15 is 0 Å². The number of nitrogens with zero attached hydrogens (tertiary/aromatic N) is 1. The molecular formula is C20H30N2O7. The Morgan fingerprint density at radius 3 is 2.14 bits per heavy atom. The van der Waals surface area contributed by atoms with Crippen molar-refractivity contribution in [1.82, 2.24) is 4.98 Å². The highest BCUT2D eigenvalue weighted by Crippen LogP contribution is 2.27. The third-order valence-corrected chi connectivity index (χ3v) is 3.65. The van der Waals surface area contributed by atoms with Crippen LogP contribution in [0.1, 0.15) is 47.5 Å². The molecule has 1 aromatic rings. The Hall–Kier alpha value is -2.68. The highest BCUT2D eigenvalue weighted by atomic mass is 16.6. The molecule has 0 aliphatic carbocycles. The van der Waals surface area contributed by atoms with Crippen molar-refractivity contribution in [1.29, 1.82) is 0 Å². The molecule has 1 unspecified atom stereocenters. The lowest BCUT2D eigenvalue weighted by atomic mass is 9.94. The van der Waals surface area contributed by atoms with Crippen molar-refractivity contribution >= 4 is 17.9 Å². The highest BCUT2D eigenvalue weighted by Gasteiger charge is 2.52. The van der Waals surface area contributed by atoms with Crippen LogP contribution in [-0.2, 0) is 28.6 Å². The van der Waals surface area contributed by atoms with Gasteiger partial charge in [-0.1, -0.05) is 0 Å². The van der Waals surface area contributed by atoms with E-state index in [1.807, 2.05) is 0 Å². The second kappa shape index (κ2) is 10.8. The van der Waals surface area contributed by atoms with Gasteiger partial charge < -0.3 is 24.7 Å². The molecule has 0 amide bonds. The van der Waals surface area contributed by atoms with E-state index in [9.17, 15) is 14.4 Å². The van der Waals surface area contributed by atoms with Crippen molar-refractivity contribution in [2.75, 3.05) is 13.2 Å². The molecule has 0 aliphatic heterocycles. The highest BCUT2D eigenvalue weighted by molar-refractivity contribution is 6.04. The molecule has 162 valence electrons. The quantitative estimate of drug-likeness (QED) is 0.349. The molecule has 2 N–H and O–H groups in total. The summed E-state index contributed by atoms with van der Waals surface area (Å²) in [6.07, 6.45) is 2.54. The van der Waals surface area contributed by atoms with Crippen molar-refractivity contribution in [3.63, 3.8) is 0 Å². The minimum Gasteiger partial charge on any atom is -0.463 e. The first-order chi connectivity index (χ1) is 13.6. The number of rotatable bonds is 10. The number of ether oxygens (including phenoxy) is 4. The topological polar surface area (TPSA) is 127 Å². The van der Waals surface area contributed by atoms with Gasteiger partial charge in [-0.05, 0) is 53.2 Å². The maximum absolute atomic E-state index is 12.8. The normalized spacial score (nSPS) is 12.6. The van der Waals surface area contributed by atoms with Crippen LogP contribution in [0.3, 0.4) is 0 Å². The fraction of sp³-hybridized carbons (Fsp3) is 0.600. The number of nitrogens with two attached hydrogens (primary N) is 1. The van der Waals surface area contributed by atoms with Gasteiger partial charge in [-0.2, -0.15) is 0 Å². The smallest absolute Gasteiger partial charge is 0.362 e. The van der Waals surface area contributed by atoms with E-state index in [4.69, 9.17) is 24.7 Å². The van der Waals surface area contributed by atoms with E-state index in [1.54, 1.807) is 40.7 Å². The van der Waals surface area contributed by atoms with Gasteiger partial charge in [0.1, 0.15) is 17.4 Å². The second-order valence-electron chi connectivity index (χ2n) is 7.24. The average molecular weight is 410 g/mol. The van der Waals surface area contributed by atoms with Gasteiger partial charge in [0, 0.05) is 12.6 Å². The molecule has 0 radical (unpaired) electrons. The molecule has 9 nitrogen and oxygen atoms in total. The molecule has 0 aromatic carbocycles. The van der Waals surface area contributed by atoms with Crippen LogP contribution in [0.5, 0.6) is 5.75 Å². The van der Waals surface area contributed by atoms with Crippen molar-refractivity contribution in [2.45, 2.75) is 64.7 Å². The monoisotopic (exact) mass is 410 g/mol. The lowest BCUT2D eigenvalue weighted by Gasteiger charge is -2.30. The van der Waals surface area contributed by atoms with Crippen LogP contribution in [0.25, 0.3) is 0 Å². The minimum absolute atomic E-state index is 0.0223. The van der Waals surface area contributed by atoms with Gasteiger partial charge in [0.2, 0.25) is 0 Å². The largest absolute Gasteiger partial charge is 0.463 e. The fourth-order valence-corrected chi connectivity index (χ4v) is 2.38. The van der Waals surface area contributed by atoms with Crippen molar-refractivity contribution in [3.8, 4) is 5.75 Å². The van der Waals surface area contributed by atoms with E-state index in [0.29, 0.717) is 0 Å². The van der Waals surface area contributed by atoms with Crippen LogP contribution >= 0.6 is 0 Å². The molecule has 0 saturated carbocycles. The summed E-state index contributed by atoms with van der Waals surface area (Å²) in [5.41, 5.74) is 3.07. The van der Waals surface area contributed by atoms with Gasteiger partial charge in [-0.25, -0.2) is 9.59 Å².